The van der Waals surface area contributed by atoms with Gasteiger partial charge in [-0.05, 0) is 0 Å². The standard InChI is InChI=1S/C8H13NO4/c1-2-3-7(10)9-4-5-13-6-8(11)12/h2H,1,3-6H2,(H,9,10)(H,11,12). The fraction of sp³-hybridized carbons (Fsp3) is 0.500. The van der Waals surface area contributed by atoms with Gasteiger partial charge in [0.05, 0.1) is 6.61 Å². The number of carbonyl (C=O) groups is 2. The zero-order valence-corrected chi connectivity index (χ0v) is 7.28. The maximum absolute atomic E-state index is 10.8. The lowest BCUT2D eigenvalue weighted by Gasteiger charge is -2.02. The van der Waals surface area contributed by atoms with Gasteiger partial charge in [0, 0.05) is 13.0 Å². The third kappa shape index (κ3) is 8.55. The van der Waals surface area contributed by atoms with Crippen molar-refractivity contribution in [2.75, 3.05) is 19.8 Å². The van der Waals surface area contributed by atoms with Gasteiger partial charge < -0.3 is 15.2 Å². The molecule has 0 saturated heterocycles. The average molecular weight is 187 g/mol. The molecular formula is C8H13NO4. The maximum atomic E-state index is 10.8. The largest absolute Gasteiger partial charge is 0.480 e. The van der Waals surface area contributed by atoms with E-state index in [1.807, 2.05) is 0 Å². The molecule has 0 unspecified atom stereocenters. The zero-order chi connectivity index (χ0) is 10.1. The predicted octanol–water partition coefficient (Wildman–Crippen LogP) is -0.220. The van der Waals surface area contributed by atoms with E-state index in [0.29, 0.717) is 6.54 Å². The molecule has 0 aliphatic carbocycles. The summed E-state index contributed by atoms with van der Waals surface area (Å²) in [7, 11) is 0. The number of carbonyl (C=O) groups excluding carboxylic acids is 1. The highest BCUT2D eigenvalue weighted by atomic mass is 16.5. The minimum atomic E-state index is -1.02. The van der Waals surface area contributed by atoms with Gasteiger partial charge in [-0.15, -0.1) is 6.58 Å². The second kappa shape index (κ2) is 7.30. The summed E-state index contributed by atoms with van der Waals surface area (Å²) in [6.45, 7) is 3.59. The summed E-state index contributed by atoms with van der Waals surface area (Å²) in [6, 6.07) is 0. The Bertz CT molecular complexity index is 191. The van der Waals surface area contributed by atoms with E-state index in [9.17, 15) is 9.59 Å². The first kappa shape index (κ1) is 11.6. The Morgan fingerprint density at radius 2 is 2.23 bits per heavy atom. The molecule has 5 heteroatoms. The first-order valence-corrected chi connectivity index (χ1v) is 3.84. The highest BCUT2D eigenvalue weighted by Crippen LogP contribution is 1.79. The van der Waals surface area contributed by atoms with E-state index in [1.165, 1.54) is 6.08 Å². The van der Waals surface area contributed by atoms with Gasteiger partial charge in [-0.3, -0.25) is 4.79 Å². The van der Waals surface area contributed by atoms with E-state index in [4.69, 9.17) is 5.11 Å². The zero-order valence-electron chi connectivity index (χ0n) is 7.28. The molecule has 0 atom stereocenters. The summed E-state index contributed by atoms with van der Waals surface area (Å²) >= 11 is 0. The van der Waals surface area contributed by atoms with Crippen LogP contribution in [0.15, 0.2) is 12.7 Å². The van der Waals surface area contributed by atoms with E-state index >= 15 is 0 Å². The number of amides is 1. The normalized spacial score (nSPS) is 9.23. The van der Waals surface area contributed by atoms with Crippen molar-refractivity contribution in [1.29, 1.82) is 0 Å². The van der Waals surface area contributed by atoms with E-state index in [0.717, 1.165) is 0 Å². The SMILES string of the molecule is C=CCC(=O)NCCOCC(=O)O. The Hall–Kier alpha value is -1.36. The Morgan fingerprint density at radius 1 is 1.54 bits per heavy atom. The molecule has 0 aromatic heterocycles. The molecule has 5 nitrogen and oxygen atoms in total. The number of carboxylic acid groups (broad SMARTS) is 1. The van der Waals surface area contributed by atoms with Crippen LogP contribution >= 0.6 is 0 Å². The summed E-state index contributed by atoms with van der Waals surface area (Å²) in [4.78, 5) is 20.8. The van der Waals surface area contributed by atoms with E-state index in [1.54, 1.807) is 0 Å². The van der Waals surface area contributed by atoms with E-state index in [2.05, 4.69) is 16.6 Å². The monoisotopic (exact) mass is 187 g/mol. The van der Waals surface area contributed by atoms with Gasteiger partial charge in [-0.25, -0.2) is 4.79 Å². The van der Waals surface area contributed by atoms with Crippen molar-refractivity contribution in [2.24, 2.45) is 0 Å². The predicted molar refractivity (Wildman–Crippen MR) is 46.3 cm³/mol. The fourth-order valence-corrected chi connectivity index (χ4v) is 0.625. The molecule has 13 heavy (non-hydrogen) atoms. The Kier molecular flexibility index (Phi) is 6.53. The Labute approximate surface area is 76.4 Å². The van der Waals surface area contributed by atoms with Crippen LogP contribution in [0.4, 0.5) is 0 Å². The van der Waals surface area contributed by atoms with E-state index in [-0.39, 0.29) is 25.5 Å². The minimum Gasteiger partial charge on any atom is -0.480 e. The van der Waals surface area contributed by atoms with Crippen molar-refractivity contribution in [1.82, 2.24) is 5.32 Å². The molecule has 0 saturated carbocycles. The fourth-order valence-electron chi connectivity index (χ4n) is 0.625. The van der Waals surface area contributed by atoms with Crippen molar-refractivity contribution in [3.05, 3.63) is 12.7 Å². The highest BCUT2D eigenvalue weighted by Gasteiger charge is 1.98. The lowest BCUT2D eigenvalue weighted by Crippen LogP contribution is -2.27. The molecule has 0 aromatic rings. The van der Waals surface area contributed by atoms with Gasteiger partial charge in [0.15, 0.2) is 0 Å². The summed E-state index contributed by atoms with van der Waals surface area (Å²) < 4.78 is 4.68. The molecule has 0 rings (SSSR count). The van der Waals surface area contributed by atoms with Crippen LogP contribution in [0.1, 0.15) is 6.42 Å². The molecule has 74 valence electrons. The van der Waals surface area contributed by atoms with Crippen molar-refractivity contribution < 1.29 is 19.4 Å². The Morgan fingerprint density at radius 3 is 2.77 bits per heavy atom. The van der Waals surface area contributed by atoms with Crippen molar-refractivity contribution in [3.63, 3.8) is 0 Å². The van der Waals surface area contributed by atoms with Gasteiger partial charge >= 0.3 is 5.97 Å². The first-order valence-electron chi connectivity index (χ1n) is 3.84. The van der Waals surface area contributed by atoms with Gasteiger partial charge in [-0.1, -0.05) is 6.08 Å². The summed E-state index contributed by atoms with van der Waals surface area (Å²) in [5.74, 6) is -1.16. The Balaban J connectivity index is 3.20. The van der Waals surface area contributed by atoms with Crippen molar-refractivity contribution >= 4 is 11.9 Å². The van der Waals surface area contributed by atoms with E-state index < -0.39 is 5.97 Å². The number of hydrogen-bond acceptors (Lipinski definition) is 3. The number of nitrogens with one attached hydrogen (secondary N) is 1. The molecule has 0 aliphatic heterocycles. The molecule has 1 amide bonds. The molecule has 0 fully saturated rings. The second-order valence-electron chi connectivity index (χ2n) is 2.29. The molecule has 0 aliphatic rings. The van der Waals surface area contributed by atoms with Crippen LogP contribution in [0.25, 0.3) is 0 Å². The molecule has 0 radical (unpaired) electrons. The first-order chi connectivity index (χ1) is 6.16. The molecule has 0 aromatic carbocycles. The quantitative estimate of drug-likeness (QED) is 0.427. The number of rotatable bonds is 7. The second-order valence-corrected chi connectivity index (χ2v) is 2.29. The molecule has 0 bridgehead atoms. The third-order valence-corrected chi connectivity index (χ3v) is 1.12. The lowest BCUT2D eigenvalue weighted by molar-refractivity contribution is -0.142. The number of carboxylic acids is 1. The highest BCUT2D eigenvalue weighted by molar-refractivity contribution is 5.77. The van der Waals surface area contributed by atoms with Crippen LogP contribution in [0.5, 0.6) is 0 Å². The average Bonchev–Trinajstić information content (AvgIpc) is 2.03. The molecular weight excluding hydrogens is 174 g/mol. The molecule has 2 N–H and O–H groups in total. The summed E-state index contributed by atoms with van der Waals surface area (Å²) in [6.07, 6.45) is 1.76. The summed E-state index contributed by atoms with van der Waals surface area (Å²) in [5, 5.41) is 10.7. The van der Waals surface area contributed by atoms with Gasteiger partial charge in [-0.2, -0.15) is 0 Å². The van der Waals surface area contributed by atoms with Gasteiger partial charge in [0.1, 0.15) is 6.61 Å². The van der Waals surface area contributed by atoms with Crippen LogP contribution in [0.2, 0.25) is 0 Å². The molecule has 0 heterocycles. The van der Waals surface area contributed by atoms with Crippen LogP contribution in [-0.2, 0) is 14.3 Å². The smallest absolute Gasteiger partial charge is 0.329 e. The third-order valence-electron chi connectivity index (χ3n) is 1.12. The lowest BCUT2D eigenvalue weighted by atomic mass is 10.4. The molecule has 0 spiro atoms. The van der Waals surface area contributed by atoms with Crippen molar-refractivity contribution in [3.8, 4) is 0 Å². The van der Waals surface area contributed by atoms with Crippen LogP contribution in [-0.4, -0.2) is 36.7 Å². The number of ether oxygens (including phenoxy) is 1. The van der Waals surface area contributed by atoms with Crippen molar-refractivity contribution in [2.45, 2.75) is 6.42 Å². The minimum absolute atomic E-state index is 0.145. The van der Waals surface area contributed by atoms with Crippen LogP contribution in [0, 0.1) is 0 Å². The number of aliphatic carboxylic acids is 1. The van der Waals surface area contributed by atoms with Crippen LogP contribution in [0.3, 0.4) is 0 Å². The summed E-state index contributed by atoms with van der Waals surface area (Å²) in [5.41, 5.74) is 0. The van der Waals surface area contributed by atoms with Gasteiger partial charge in [0.25, 0.3) is 0 Å². The van der Waals surface area contributed by atoms with Gasteiger partial charge in [0.2, 0.25) is 5.91 Å². The van der Waals surface area contributed by atoms with Crippen LogP contribution < -0.4 is 5.32 Å². The number of hydrogen-bond donors (Lipinski definition) is 2. The maximum Gasteiger partial charge on any atom is 0.329 e. The topological polar surface area (TPSA) is 75.6 Å².